The number of nitrogens with two attached hydrogens (primary N) is 1. The van der Waals surface area contributed by atoms with Crippen molar-refractivity contribution in [3.05, 3.63) is 30.1 Å². The number of hydrogen-bond donors (Lipinski definition) is 2. The van der Waals surface area contributed by atoms with E-state index in [4.69, 9.17) is 5.73 Å². The molecule has 2 heterocycles. The van der Waals surface area contributed by atoms with Crippen LogP contribution in [0.1, 0.15) is 5.56 Å². The normalized spacial score (nSPS) is 10.7. The van der Waals surface area contributed by atoms with Gasteiger partial charge in [-0.05, 0) is 11.3 Å². The van der Waals surface area contributed by atoms with E-state index < -0.39 is 0 Å². The Hall–Kier alpha value is -2.84. The first-order valence-corrected chi connectivity index (χ1v) is 4.99. The molecule has 0 bridgehead atoms. The number of hydrazone groups is 1. The number of aromatic nitrogens is 5. The van der Waals surface area contributed by atoms with Gasteiger partial charge in [-0.3, -0.25) is 9.78 Å². The lowest BCUT2D eigenvalue weighted by atomic mass is 10.3. The van der Waals surface area contributed by atoms with Gasteiger partial charge < -0.3 is 5.73 Å². The molecule has 18 heavy (non-hydrogen) atoms. The third-order valence-electron chi connectivity index (χ3n) is 1.84. The third-order valence-corrected chi connectivity index (χ3v) is 1.84. The van der Waals surface area contributed by atoms with Gasteiger partial charge >= 0.3 is 0 Å². The number of tetrazole rings is 1. The number of nitrogens with zero attached hydrogens (tertiary/aromatic N) is 6. The molecule has 0 aliphatic carbocycles. The van der Waals surface area contributed by atoms with Crippen LogP contribution < -0.4 is 11.2 Å². The van der Waals surface area contributed by atoms with Gasteiger partial charge in [0, 0.05) is 18.0 Å². The van der Waals surface area contributed by atoms with Crippen molar-refractivity contribution < 1.29 is 4.79 Å². The maximum Gasteiger partial charge on any atom is 0.263 e. The molecule has 0 aliphatic heterocycles. The highest BCUT2D eigenvalue weighted by atomic mass is 16.2. The fourth-order valence-corrected chi connectivity index (χ4v) is 1.12. The van der Waals surface area contributed by atoms with E-state index in [0.717, 1.165) is 10.4 Å². The van der Waals surface area contributed by atoms with Crippen LogP contribution in [0.4, 0.5) is 5.95 Å². The number of anilines is 1. The molecule has 92 valence electrons. The number of rotatable bonds is 4. The predicted molar refractivity (Wildman–Crippen MR) is 62.2 cm³/mol. The zero-order valence-corrected chi connectivity index (χ0v) is 9.26. The maximum atomic E-state index is 11.4. The average Bonchev–Trinajstić information content (AvgIpc) is 2.76. The van der Waals surface area contributed by atoms with Gasteiger partial charge in [0.1, 0.15) is 6.54 Å². The SMILES string of the molecule is Nc1nnn(CC(=O)NN=Cc2cccnc2)n1. The van der Waals surface area contributed by atoms with Gasteiger partial charge in [0.25, 0.3) is 11.9 Å². The van der Waals surface area contributed by atoms with E-state index in [1.807, 2.05) is 6.07 Å². The Morgan fingerprint density at radius 2 is 2.50 bits per heavy atom. The summed E-state index contributed by atoms with van der Waals surface area (Å²) in [5.41, 5.74) is 8.36. The van der Waals surface area contributed by atoms with Crippen molar-refractivity contribution in [3.63, 3.8) is 0 Å². The number of nitrogen functional groups attached to an aromatic ring is 1. The summed E-state index contributed by atoms with van der Waals surface area (Å²) >= 11 is 0. The molecule has 9 heteroatoms. The molecule has 0 spiro atoms. The molecule has 3 N–H and O–H groups in total. The van der Waals surface area contributed by atoms with Crippen molar-refractivity contribution >= 4 is 18.1 Å². The lowest BCUT2D eigenvalue weighted by Gasteiger charge is -1.97. The zero-order valence-electron chi connectivity index (χ0n) is 9.26. The molecule has 9 nitrogen and oxygen atoms in total. The predicted octanol–water partition coefficient (Wildman–Crippen LogP) is -1.20. The highest BCUT2D eigenvalue weighted by Gasteiger charge is 2.04. The van der Waals surface area contributed by atoms with Crippen molar-refractivity contribution in [1.82, 2.24) is 30.6 Å². The van der Waals surface area contributed by atoms with E-state index in [0.29, 0.717) is 0 Å². The van der Waals surface area contributed by atoms with E-state index in [1.165, 1.54) is 6.21 Å². The maximum absolute atomic E-state index is 11.4. The summed E-state index contributed by atoms with van der Waals surface area (Å²) in [4.78, 5) is 16.4. The van der Waals surface area contributed by atoms with Crippen LogP contribution in [0.25, 0.3) is 0 Å². The molecule has 0 fully saturated rings. The van der Waals surface area contributed by atoms with E-state index >= 15 is 0 Å². The Kier molecular flexibility index (Phi) is 3.54. The van der Waals surface area contributed by atoms with E-state index in [1.54, 1.807) is 18.5 Å². The molecule has 2 aromatic rings. The quantitative estimate of drug-likeness (QED) is 0.515. The van der Waals surface area contributed by atoms with Crippen LogP contribution in [0.5, 0.6) is 0 Å². The number of carbonyl (C=O) groups is 1. The Bertz CT molecular complexity index is 549. The van der Waals surface area contributed by atoms with Gasteiger partial charge in [-0.15, -0.1) is 5.10 Å². The van der Waals surface area contributed by atoms with Crippen LogP contribution >= 0.6 is 0 Å². The number of pyridine rings is 1. The minimum atomic E-state index is -0.382. The summed E-state index contributed by atoms with van der Waals surface area (Å²) < 4.78 is 0. The fraction of sp³-hybridized carbons (Fsp3) is 0.111. The molecule has 0 saturated carbocycles. The third kappa shape index (κ3) is 3.33. The standard InChI is InChI=1S/C9H10N8O/c10-9-14-16-17(15-9)6-8(18)13-12-5-7-2-1-3-11-4-7/h1-5H,6H2,(H2,10,15)(H,13,18). The van der Waals surface area contributed by atoms with Crippen LogP contribution in [0, 0.1) is 0 Å². The topological polar surface area (TPSA) is 124 Å². The smallest absolute Gasteiger partial charge is 0.263 e. The highest BCUT2D eigenvalue weighted by molar-refractivity contribution is 5.81. The lowest BCUT2D eigenvalue weighted by molar-refractivity contribution is -0.122. The molecule has 2 aromatic heterocycles. The fourth-order valence-electron chi connectivity index (χ4n) is 1.12. The largest absolute Gasteiger partial charge is 0.365 e. The summed E-state index contributed by atoms with van der Waals surface area (Å²) in [6, 6.07) is 3.58. The molecule has 2 rings (SSSR count). The molecule has 0 unspecified atom stereocenters. The highest BCUT2D eigenvalue weighted by Crippen LogP contribution is 1.89. The van der Waals surface area contributed by atoms with Gasteiger partial charge in [-0.25, -0.2) is 5.43 Å². The van der Waals surface area contributed by atoms with Crippen molar-refractivity contribution in [2.24, 2.45) is 5.10 Å². The van der Waals surface area contributed by atoms with Gasteiger partial charge in [-0.2, -0.15) is 9.90 Å². The second-order valence-electron chi connectivity index (χ2n) is 3.26. The molecule has 0 saturated heterocycles. The molecule has 0 aromatic carbocycles. The van der Waals surface area contributed by atoms with Crippen LogP contribution in [0.3, 0.4) is 0 Å². The first-order chi connectivity index (χ1) is 8.74. The van der Waals surface area contributed by atoms with E-state index in [2.05, 4.69) is 30.9 Å². The molecular weight excluding hydrogens is 236 g/mol. The molecule has 0 atom stereocenters. The van der Waals surface area contributed by atoms with Crippen molar-refractivity contribution in [2.45, 2.75) is 6.54 Å². The second-order valence-corrected chi connectivity index (χ2v) is 3.26. The molecule has 0 aliphatic rings. The number of hydrogen-bond acceptors (Lipinski definition) is 7. The Balaban J connectivity index is 1.83. The monoisotopic (exact) mass is 246 g/mol. The van der Waals surface area contributed by atoms with Crippen LogP contribution in [0.15, 0.2) is 29.6 Å². The van der Waals surface area contributed by atoms with Crippen LogP contribution in [-0.2, 0) is 11.3 Å². The van der Waals surface area contributed by atoms with Crippen LogP contribution in [-0.4, -0.2) is 37.3 Å². The van der Waals surface area contributed by atoms with E-state index in [-0.39, 0.29) is 18.4 Å². The van der Waals surface area contributed by atoms with Gasteiger partial charge in [0.15, 0.2) is 0 Å². The van der Waals surface area contributed by atoms with Gasteiger partial charge in [0.2, 0.25) is 0 Å². The van der Waals surface area contributed by atoms with Gasteiger partial charge in [-0.1, -0.05) is 11.2 Å². The van der Waals surface area contributed by atoms with Crippen molar-refractivity contribution in [2.75, 3.05) is 5.73 Å². The molecule has 1 amide bonds. The summed E-state index contributed by atoms with van der Waals surface area (Å²) in [5, 5.41) is 14.4. The summed E-state index contributed by atoms with van der Waals surface area (Å²) in [7, 11) is 0. The van der Waals surface area contributed by atoms with Crippen molar-refractivity contribution in [3.8, 4) is 0 Å². The zero-order chi connectivity index (χ0) is 12.8. The Morgan fingerprint density at radius 1 is 1.61 bits per heavy atom. The number of nitrogens with one attached hydrogen (secondary N) is 1. The summed E-state index contributed by atoms with van der Waals surface area (Å²) in [5.74, 6) is -0.366. The van der Waals surface area contributed by atoms with Gasteiger partial charge in [0.05, 0.1) is 6.21 Å². The van der Waals surface area contributed by atoms with Crippen molar-refractivity contribution in [1.29, 1.82) is 0 Å². The second kappa shape index (κ2) is 5.48. The molecular formula is C9H10N8O. The first-order valence-electron chi connectivity index (χ1n) is 4.99. The lowest BCUT2D eigenvalue weighted by Crippen LogP contribution is -2.24. The number of carbonyl (C=O) groups excluding carboxylic acids is 1. The minimum absolute atomic E-state index is 0.0154. The van der Waals surface area contributed by atoms with Crippen LogP contribution in [0.2, 0.25) is 0 Å². The first kappa shape index (κ1) is 11.6. The Morgan fingerprint density at radius 3 is 3.17 bits per heavy atom. The minimum Gasteiger partial charge on any atom is -0.365 e. The van der Waals surface area contributed by atoms with E-state index in [9.17, 15) is 4.79 Å². The molecule has 0 radical (unpaired) electrons. The number of amides is 1. The Labute approximate surface area is 102 Å². The summed E-state index contributed by atoms with van der Waals surface area (Å²) in [6.07, 6.45) is 4.75. The average molecular weight is 246 g/mol. The summed E-state index contributed by atoms with van der Waals surface area (Å²) in [6.45, 7) is -0.103.